The zero-order chi connectivity index (χ0) is 21.7. The average Bonchev–Trinajstić information content (AvgIpc) is 3.54. The van der Waals surface area contributed by atoms with Gasteiger partial charge in [0.1, 0.15) is 22.8 Å². The fourth-order valence-electron chi connectivity index (χ4n) is 5.28. The first-order valence-electron chi connectivity index (χ1n) is 11.4. The monoisotopic (exact) mass is 435 g/mol. The molecule has 166 valence electrons. The van der Waals surface area contributed by atoms with E-state index in [1.807, 2.05) is 21.7 Å². The summed E-state index contributed by atoms with van der Waals surface area (Å²) in [5.41, 5.74) is 2.75. The molecule has 8 heteroatoms. The summed E-state index contributed by atoms with van der Waals surface area (Å²) in [6.07, 6.45) is 4.61. The number of carbonyl (C=O) groups excluding carboxylic acids is 1. The number of amides is 1. The van der Waals surface area contributed by atoms with E-state index in [4.69, 9.17) is 14.8 Å². The second-order valence-electron chi connectivity index (χ2n) is 9.07. The fraction of sp³-hybridized carbons (Fsp3) is 0.458. The summed E-state index contributed by atoms with van der Waals surface area (Å²) in [5.74, 6) is 0.513. The van der Waals surface area contributed by atoms with Crippen LogP contribution < -0.4 is 10.2 Å². The zero-order valence-corrected chi connectivity index (χ0v) is 17.9. The van der Waals surface area contributed by atoms with Crippen molar-refractivity contribution < 1.29 is 13.9 Å². The number of hydrogen-bond donors (Lipinski definition) is 1. The largest absolute Gasteiger partial charge is 0.356 e. The highest BCUT2D eigenvalue weighted by atomic mass is 19.1. The number of rotatable bonds is 3. The molecule has 0 bridgehead atoms. The SMILES string of the molecule is O=C1N(c2ccc3c(n2)c(-c2ccc(F)cc2)nn3C2CCCCO2)CC[C@]12CCNC2. The van der Waals surface area contributed by atoms with E-state index in [2.05, 4.69) is 5.32 Å². The number of anilines is 1. The number of nitrogens with one attached hydrogen (secondary N) is 1. The van der Waals surface area contributed by atoms with Crippen molar-refractivity contribution in [2.24, 2.45) is 5.41 Å². The van der Waals surface area contributed by atoms with Crippen LogP contribution in [0.3, 0.4) is 0 Å². The Kier molecular flexibility index (Phi) is 4.73. The summed E-state index contributed by atoms with van der Waals surface area (Å²) >= 11 is 0. The minimum absolute atomic E-state index is 0.144. The third-order valence-electron chi connectivity index (χ3n) is 7.12. The van der Waals surface area contributed by atoms with E-state index < -0.39 is 0 Å². The molecular weight excluding hydrogens is 409 g/mol. The van der Waals surface area contributed by atoms with Crippen molar-refractivity contribution in [1.82, 2.24) is 20.1 Å². The van der Waals surface area contributed by atoms with Gasteiger partial charge in [0.15, 0.2) is 6.23 Å². The van der Waals surface area contributed by atoms with Crippen LogP contribution in [0.5, 0.6) is 0 Å². The van der Waals surface area contributed by atoms with Gasteiger partial charge in [-0.1, -0.05) is 0 Å². The maximum absolute atomic E-state index is 13.6. The molecule has 3 fully saturated rings. The van der Waals surface area contributed by atoms with Crippen molar-refractivity contribution in [3.8, 4) is 11.3 Å². The molecule has 3 aromatic rings. The average molecular weight is 436 g/mol. The molecule has 0 saturated carbocycles. The van der Waals surface area contributed by atoms with Crippen LogP contribution in [0.15, 0.2) is 36.4 Å². The number of fused-ring (bicyclic) bond motifs is 1. The third-order valence-corrected chi connectivity index (χ3v) is 7.12. The van der Waals surface area contributed by atoms with E-state index in [-0.39, 0.29) is 23.4 Å². The molecule has 1 aromatic carbocycles. The first-order chi connectivity index (χ1) is 15.6. The van der Waals surface area contributed by atoms with Crippen molar-refractivity contribution >= 4 is 22.8 Å². The van der Waals surface area contributed by atoms with E-state index in [1.165, 1.54) is 12.1 Å². The Balaban J connectivity index is 1.45. The first-order valence-corrected chi connectivity index (χ1v) is 11.4. The Hall–Kier alpha value is -2.84. The van der Waals surface area contributed by atoms with Crippen molar-refractivity contribution in [3.05, 3.63) is 42.2 Å². The molecule has 6 rings (SSSR count). The van der Waals surface area contributed by atoms with Crippen LogP contribution in [0.25, 0.3) is 22.3 Å². The molecule has 7 nitrogen and oxygen atoms in total. The minimum atomic E-state index is -0.295. The molecule has 2 aromatic heterocycles. The summed E-state index contributed by atoms with van der Waals surface area (Å²) in [5, 5.41) is 8.20. The Morgan fingerprint density at radius 1 is 1.12 bits per heavy atom. The standard InChI is InChI=1S/C24H26FN5O2/c25-17-6-4-16(5-7-17)21-22-18(30(28-21)20-3-1-2-14-32-20)8-9-19(27-22)29-13-11-24(23(29)31)10-12-26-15-24/h4-9,20,26H,1-3,10-15H2/t20?,24-/m0/s1. The highest BCUT2D eigenvalue weighted by Gasteiger charge is 2.49. The molecule has 32 heavy (non-hydrogen) atoms. The number of aromatic nitrogens is 3. The number of halogens is 1. The van der Waals surface area contributed by atoms with Gasteiger partial charge < -0.3 is 10.1 Å². The van der Waals surface area contributed by atoms with E-state index in [9.17, 15) is 9.18 Å². The lowest BCUT2D eigenvalue weighted by atomic mass is 9.86. The third kappa shape index (κ3) is 3.12. The van der Waals surface area contributed by atoms with Crippen molar-refractivity contribution in [3.63, 3.8) is 0 Å². The maximum atomic E-state index is 13.6. The Morgan fingerprint density at radius 3 is 2.75 bits per heavy atom. The van der Waals surface area contributed by atoms with Crippen LogP contribution in [0.4, 0.5) is 10.2 Å². The quantitative estimate of drug-likeness (QED) is 0.680. The molecule has 3 aliphatic rings. The summed E-state index contributed by atoms with van der Waals surface area (Å²) in [7, 11) is 0. The lowest BCUT2D eigenvalue weighted by Crippen LogP contribution is -2.36. The second kappa shape index (κ2) is 7.64. The second-order valence-corrected chi connectivity index (χ2v) is 9.07. The van der Waals surface area contributed by atoms with Crippen LogP contribution in [0.1, 0.15) is 38.3 Å². The molecule has 1 unspecified atom stereocenters. The molecule has 1 amide bonds. The van der Waals surface area contributed by atoms with Crippen molar-refractivity contribution in [1.29, 1.82) is 0 Å². The highest BCUT2D eigenvalue weighted by Crippen LogP contribution is 2.40. The predicted octanol–water partition coefficient (Wildman–Crippen LogP) is 3.65. The number of pyridine rings is 1. The van der Waals surface area contributed by atoms with Crippen LogP contribution in [-0.4, -0.2) is 46.9 Å². The summed E-state index contributed by atoms with van der Waals surface area (Å²) in [4.78, 5) is 20.0. The molecular formula is C24H26FN5O2. The van der Waals surface area contributed by atoms with Gasteiger partial charge in [0.25, 0.3) is 0 Å². The van der Waals surface area contributed by atoms with Gasteiger partial charge in [-0.3, -0.25) is 9.69 Å². The molecule has 1 spiro atoms. The first kappa shape index (κ1) is 19.8. The lowest BCUT2D eigenvalue weighted by molar-refractivity contribution is -0.124. The zero-order valence-electron chi connectivity index (χ0n) is 17.9. The van der Waals surface area contributed by atoms with Gasteiger partial charge in [-0.25, -0.2) is 14.1 Å². The van der Waals surface area contributed by atoms with E-state index in [1.54, 1.807) is 12.1 Å². The molecule has 1 N–H and O–H groups in total. The van der Waals surface area contributed by atoms with Crippen LogP contribution in [0.2, 0.25) is 0 Å². The van der Waals surface area contributed by atoms with Crippen LogP contribution in [0, 0.1) is 11.2 Å². The van der Waals surface area contributed by atoms with Gasteiger partial charge in [0.05, 0.1) is 10.9 Å². The van der Waals surface area contributed by atoms with Gasteiger partial charge in [0.2, 0.25) is 5.91 Å². The van der Waals surface area contributed by atoms with Gasteiger partial charge in [-0.15, -0.1) is 0 Å². The number of nitrogens with zero attached hydrogens (tertiary/aromatic N) is 4. The van der Waals surface area contributed by atoms with Crippen molar-refractivity contribution in [2.75, 3.05) is 31.1 Å². The van der Waals surface area contributed by atoms with Gasteiger partial charge in [-0.2, -0.15) is 5.10 Å². The summed E-state index contributed by atoms with van der Waals surface area (Å²) in [6.45, 7) is 3.00. The number of ether oxygens (including phenoxy) is 1. The van der Waals surface area contributed by atoms with Crippen LogP contribution in [-0.2, 0) is 9.53 Å². The van der Waals surface area contributed by atoms with Crippen LogP contribution >= 0.6 is 0 Å². The van der Waals surface area contributed by atoms with E-state index in [0.717, 1.165) is 56.3 Å². The van der Waals surface area contributed by atoms with E-state index >= 15 is 0 Å². The predicted molar refractivity (Wildman–Crippen MR) is 119 cm³/mol. The molecule has 5 heterocycles. The Morgan fingerprint density at radius 2 is 2.00 bits per heavy atom. The highest BCUT2D eigenvalue weighted by molar-refractivity contribution is 6.01. The number of hydrogen-bond acceptors (Lipinski definition) is 5. The maximum Gasteiger partial charge on any atom is 0.235 e. The van der Waals surface area contributed by atoms with Gasteiger partial charge in [0, 0.05) is 25.3 Å². The Labute approximate surface area is 185 Å². The summed E-state index contributed by atoms with van der Waals surface area (Å²) < 4.78 is 21.5. The summed E-state index contributed by atoms with van der Waals surface area (Å²) in [6, 6.07) is 10.2. The topological polar surface area (TPSA) is 72.3 Å². The normalized spacial score (nSPS) is 26.0. The van der Waals surface area contributed by atoms with Gasteiger partial charge >= 0.3 is 0 Å². The minimum Gasteiger partial charge on any atom is -0.356 e. The smallest absolute Gasteiger partial charge is 0.235 e. The lowest BCUT2D eigenvalue weighted by Gasteiger charge is -2.23. The molecule has 3 saturated heterocycles. The Bertz CT molecular complexity index is 1160. The fourth-order valence-corrected chi connectivity index (χ4v) is 5.28. The van der Waals surface area contributed by atoms with E-state index in [0.29, 0.717) is 30.2 Å². The van der Waals surface area contributed by atoms with Gasteiger partial charge in [-0.05, 0) is 75.0 Å². The molecule has 0 aliphatic carbocycles. The molecule has 2 atom stereocenters. The number of carbonyl (C=O) groups is 1. The van der Waals surface area contributed by atoms with Crippen molar-refractivity contribution in [2.45, 2.75) is 38.3 Å². The molecule has 3 aliphatic heterocycles. The number of benzene rings is 1. The molecule has 0 radical (unpaired) electrons.